The summed E-state index contributed by atoms with van der Waals surface area (Å²) >= 11 is 0. The molecule has 78 valence electrons. The van der Waals surface area contributed by atoms with Gasteiger partial charge in [-0.25, -0.2) is 13.1 Å². The summed E-state index contributed by atoms with van der Waals surface area (Å²) in [6.45, 7) is 0.823. The van der Waals surface area contributed by atoms with E-state index < -0.39 is 10.0 Å². The molecule has 0 spiro atoms. The Morgan fingerprint density at radius 1 is 1.21 bits per heavy atom. The third kappa shape index (κ3) is 3.87. The number of sulfonamides is 1. The molecule has 0 atom stereocenters. The minimum absolute atomic E-state index is 0.323. The van der Waals surface area contributed by atoms with Crippen LogP contribution in [0.15, 0.2) is 24.3 Å². The Hall–Kier alpha value is -0.910. The van der Waals surface area contributed by atoms with Crippen LogP contribution in [0.5, 0.6) is 0 Å². The van der Waals surface area contributed by atoms with Crippen molar-refractivity contribution in [1.29, 1.82) is 0 Å². The topological polar surface area (TPSA) is 72.2 Å². The predicted molar refractivity (Wildman–Crippen MR) is 56.0 cm³/mol. The molecular weight excluding hydrogens is 200 g/mol. The fourth-order valence-corrected chi connectivity index (χ4v) is 1.44. The van der Waals surface area contributed by atoms with Crippen LogP contribution in [0.2, 0.25) is 0 Å². The van der Waals surface area contributed by atoms with E-state index in [1.165, 1.54) is 0 Å². The highest BCUT2D eigenvalue weighted by Crippen LogP contribution is 2.03. The summed E-state index contributed by atoms with van der Waals surface area (Å²) in [5, 5.41) is 0. The molecule has 3 N–H and O–H groups in total. The highest BCUT2D eigenvalue weighted by molar-refractivity contribution is 7.88. The first-order valence-corrected chi connectivity index (χ1v) is 6.13. The second kappa shape index (κ2) is 4.54. The minimum Gasteiger partial charge on any atom is -0.326 e. The zero-order valence-corrected chi connectivity index (χ0v) is 8.84. The van der Waals surface area contributed by atoms with Crippen LogP contribution in [0, 0.1) is 0 Å². The lowest BCUT2D eigenvalue weighted by Gasteiger charge is -2.03. The molecule has 0 radical (unpaired) electrons. The number of rotatable bonds is 4. The van der Waals surface area contributed by atoms with Crippen molar-refractivity contribution in [2.24, 2.45) is 5.73 Å². The van der Waals surface area contributed by atoms with Gasteiger partial charge in [0, 0.05) is 13.1 Å². The van der Waals surface area contributed by atoms with Gasteiger partial charge in [-0.1, -0.05) is 24.3 Å². The molecule has 14 heavy (non-hydrogen) atoms. The van der Waals surface area contributed by atoms with Gasteiger partial charge >= 0.3 is 0 Å². The first-order chi connectivity index (χ1) is 6.51. The van der Waals surface area contributed by atoms with E-state index in [4.69, 9.17) is 5.73 Å². The summed E-state index contributed by atoms with van der Waals surface area (Å²) in [5.41, 5.74) is 7.39. The van der Waals surface area contributed by atoms with Gasteiger partial charge in [0.1, 0.15) is 0 Å². The molecule has 0 aromatic heterocycles. The molecular formula is C9H14N2O2S. The Balaban J connectivity index is 2.61. The Morgan fingerprint density at radius 2 is 1.71 bits per heavy atom. The van der Waals surface area contributed by atoms with Crippen LogP contribution in [-0.4, -0.2) is 14.7 Å². The van der Waals surface area contributed by atoms with Crippen LogP contribution in [0.25, 0.3) is 0 Å². The van der Waals surface area contributed by atoms with Crippen LogP contribution in [0.3, 0.4) is 0 Å². The van der Waals surface area contributed by atoms with Crippen molar-refractivity contribution in [1.82, 2.24) is 4.72 Å². The molecule has 0 aliphatic carbocycles. The molecule has 1 aromatic rings. The van der Waals surface area contributed by atoms with Gasteiger partial charge in [0.25, 0.3) is 0 Å². The normalized spacial score (nSPS) is 11.6. The molecule has 0 fully saturated rings. The fraction of sp³-hybridized carbons (Fsp3) is 0.333. The number of hydrogen-bond donors (Lipinski definition) is 2. The van der Waals surface area contributed by atoms with E-state index in [9.17, 15) is 8.42 Å². The summed E-state index contributed by atoms with van der Waals surface area (Å²) in [4.78, 5) is 0. The third-order valence-corrected chi connectivity index (χ3v) is 2.47. The van der Waals surface area contributed by atoms with Crippen molar-refractivity contribution in [3.05, 3.63) is 35.4 Å². The summed E-state index contributed by atoms with van der Waals surface area (Å²) in [6, 6.07) is 7.50. The maximum Gasteiger partial charge on any atom is 0.209 e. The van der Waals surface area contributed by atoms with Gasteiger partial charge in [0.2, 0.25) is 10.0 Å². The van der Waals surface area contributed by atoms with Gasteiger partial charge < -0.3 is 5.73 Å². The molecule has 0 aliphatic heterocycles. The quantitative estimate of drug-likeness (QED) is 0.751. The molecule has 0 bridgehead atoms. The zero-order chi connectivity index (χ0) is 10.6. The van der Waals surface area contributed by atoms with Gasteiger partial charge in [-0.3, -0.25) is 0 Å². The molecule has 0 saturated carbocycles. The van der Waals surface area contributed by atoms with Crippen molar-refractivity contribution in [3.8, 4) is 0 Å². The minimum atomic E-state index is -3.11. The smallest absolute Gasteiger partial charge is 0.209 e. The fourth-order valence-electron chi connectivity index (χ4n) is 1.01. The van der Waals surface area contributed by atoms with E-state index >= 15 is 0 Å². The lowest BCUT2D eigenvalue weighted by molar-refractivity contribution is 0.587. The Morgan fingerprint density at radius 3 is 2.14 bits per heavy atom. The Kier molecular flexibility index (Phi) is 3.62. The SMILES string of the molecule is CS(=O)(=O)NCc1ccc(CN)cc1. The number of nitrogens with one attached hydrogen (secondary N) is 1. The van der Waals surface area contributed by atoms with Crippen LogP contribution in [0.4, 0.5) is 0 Å². The summed E-state index contributed by atoms with van der Waals surface area (Å²) in [5.74, 6) is 0. The monoisotopic (exact) mass is 214 g/mol. The van der Waals surface area contributed by atoms with Crippen molar-refractivity contribution in [2.45, 2.75) is 13.1 Å². The standard InChI is InChI=1S/C9H14N2O2S/c1-14(12,13)11-7-9-4-2-8(6-10)3-5-9/h2-5,11H,6-7,10H2,1H3. The Labute approximate surface area is 84.2 Å². The van der Waals surface area contributed by atoms with Gasteiger partial charge in [-0.2, -0.15) is 0 Å². The van der Waals surface area contributed by atoms with Crippen LogP contribution >= 0.6 is 0 Å². The van der Waals surface area contributed by atoms with Crippen LogP contribution in [0.1, 0.15) is 11.1 Å². The predicted octanol–water partition coefficient (Wildman–Crippen LogP) is 0.194. The highest BCUT2D eigenvalue weighted by atomic mass is 32.2. The van der Waals surface area contributed by atoms with Gasteiger partial charge in [-0.15, -0.1) is 0 Å². The number of benzene rings is 1. The molecule has 1 rings (SSSR count). The van der Waals surface area contributed by atoms with E-state index in [0.29, 0.717) is 13.1 Å². The van der Waals surface area contributed by atoms with Crippen molar-refractivity contribution < 1.29 is 8.42 Å². The van der Waals surface area contributed by atoms with Crippen molar-refractivity contribution in [3.63, 3.8) is 0 Å². The van der Waals surface area contributed by atoms with E-state index in [0.717, 1.165) is 17.4 Å². The lowest BCUT2D eigenvalue weighted by Crippen LogP contribution is -2.21. The Bertz CT molecular complexity index is 384. The first kappa shape index (κ1) is 11.2. The number of hydrogen-bond acceptors (Lipinski definition) is 3. The average Bonchev–Trinajstić information content (AvgIpc) is 2.14. The van der Waals surface area contributed by atoms with E-state index in [2.05, 4.69) is 4.72 Å². The summed E-state index contributed by atoms with van der Waals surface area (Å²) in [6.07, 6.45) is 1.14. The zero-order valence-electron chi connectivity index (χ0n) is 8.03. The molecule has 0 aliphatic rings. The first-order valence-electron chi connectivity index (χ1n) is 4.24. The largest absolute Gasteiger partial charge is 0.326 e. The van der Waals surface area contributed by atoms with Crippen LogP contribution < -0.4 is 10.5 Å². The maximum atomic E-state index is 10.8. The molecule has 5 heteroatoms. The molecule has 0 saturated heterocycles. The maximum absolute atomic E-state index is 10.8. The molecule has 4 nitrogen and oxygen atoms in total. The summed E-state index contributed by atoms with van der Waals surface area (Å²) in [7, 11) is -3.11. The molecule has 0 amide bonds. The second-order valence-electron chi connectivity index (χ2n) is 3.11. The van der Waals surface area contributed by atoms with Crippen LogP contribution in [-0.2, 0) is 23.1 Å². The van der Waals surface area contributed by atoms with Gasteiger partial charge in [0.15, 0.2) is 0 Å². The second-order valence-corrected chi connectivity index (χ2v) is 4.95. The lowest BCUT2D eigenvalue weighted by atomic mass is 10.1. The molecule has 0 unspecified atom stereocenters. The highest BCUT2D eigenvalue weighted by Gasteiger charge is 2.00. The van der Waals surface area contributed by atoms with E-state index in [1.54, 1.807) is 0 Å². The molecule has 0 heterocycles. The number of nitrogens with two attached hydrogens (primary N) is 1. The average molecular weight is 214 g/mol. The van der Waals surface area contributed by atoms with Crippen molar-refractivity contribution >= 4 is 10.0 Å². The van der Waals surface area contributed by atoms with Crippen molar-refractivity contribution in [2.75, 3.05) is 6.26 Å². The van der Waals surface area contributed by atoms with Gasteiger partial charge in [-0.05, 0) is 11.1 Å². The van der Waals surface area contributed by atoms with E-state index in [1.807, 2.05) is 24.3 Å². The summed E-state index contributed by atoms with van der Waals surface area (Å²) < 4.78 is 24.0. The van der Waals surface area contributed by atoms with E-state index in [-0.39, 0.29) is 0 Å². The third-order valence-electron chi connectivity index (χ3n) is 1.80. The van der Waals surface area contributed by atoms with Gasteiger partial charge in [0.05, 0.1) is 6.26 Å². The molecule has 1 aromatic carbocycles.